The summed E-state index contributed by atoms with van der Waals surface area (Å²) in [5.74, 6) is 0.935. The van der Waals surface area contributed by atoms with Crippen LogP contribution in [0.5, 0.6) is 0 Å². The quantitative estimate of drug-likeness (QED) is 0.438. The fraction of sp³-hybridized carbons (Fsp3) is 0.882. The zero-order valence-corrected chi connectivity index (χ0v) is 15.1. The summed E-state index contributed by atoms with van der Waals surface area (Å²) in [4.78, 5) is 0. The summed E-state index contributed by atoms with van der Waals surface area (Å²) in [5.41, 5.74) is 0. The minimum absolute atomic E-state index is 0.935. The molecule has 0 aliphatic heterocycles. The molecule has 0 bridgehead atoms. The smallest absolute Gasteiger partial charge is 0.0448 e. The van der Waals surface area contributed by atoms with E-state index in [1.165, 1.54) is 19.3 Å². The first-order chi connectivity index (χ1) is 8.22. The van der Waals surface area contributed by atoms with Gasteiger partial charge in [0.25, 0.3) is 0 Å². The lowest BCUT2D eigenvalue weighted by Gasteiger charge is -1.98. The van der Waals surface area contributed by atoms with E-state index in [-0.39, 0.29) is 0 Å². The summed E-state index contributed by atoms with van der Waals surface area (Å²) in [6, 6.07) is 0. The Kier molecular flexibility index (Phi) is 220. The van der Waals surface area contributed by atoms with Crippen molar-refractivity contribution >= 4 is 0 Å². The third-order valence-electron chi connectivity index (χ3n) is 1.39. The van der Waals surface area contributed by atoms with Crippen LogP contribution < -0.4 is 0 Å². The number of rotatable bonds is 2. The predicted octanol–water partition coefficient (Wildman–Crippen LogP) is 7.74. The minimum Gasteiger partial charge on any atom is -0.106 e. The molecule has 0 aromatic rings. The van der Waals surface area contributed by atoms with E-state index in [1.807, 2.05) is 41.5 Å². The first-order valence-electron chi connectivity index (χ1n) is 7.72. The van der Waals surface area contributed by atoms with Gasteiger partial charge in [-0.3, -0.25) is 0 Å². The van der Waals surface area contributed by atoms with E-state index in [2.05, 4.69) is 47.8 Å². The van der Waals surface area contributed by atoms with Crippen LogP contribution in [0.4, 0.5) is 0 Å². The van der Waals surface area contributed by atoms with Crippen LogP contribution in [0, 0.1) is 5.92 Å². The summed E-state index contributed by atoms with van der Waals surface area (Å²) in [6.07, 6.45) is 3.91. The van der Waals surface area contributed by atoms with Crippen molar-refractivity contribution in [2.45, 2.75) is 95.4 Å². The first-order valence-corrected chi connectivity index (χ1v) is 7.72. The van der Waals surface area contributed by atoms with Gasteiger partial charge in [-0.1, -0.05) is 95.4 Å². The molecule has 0 saturated carbocycles. The summed E-state index contributed by atoms with van der Waals surface area (Å²) < 4.78 is 0. The topological polar surface area (TPSA) is 0 Å². The lowest BCUT2D eigenvalue weighted by atomic mass is 10.1. The van der Waals surface area contributed by atoms with Gasteiger partial charge in [0, 0.05) is 0 Å². The molecule has 0 aromatic heterocycles. The second-order valence-electron chi connectivity index (χ2n) is 2.63. The Morgan fingerprint density at radius 2 is 0.765 bits per heavy atom. The van der Waals surface area contributed by atoms with Crippen molar-refractivity contribution < 1.29 is 0 Å². The molecule has 17 heavy (non-hydrogen) atoms. The molecule has 0 spiro atoms. The summed E-state index contributed by atoms with van der Waals surface area (Å²) in [7, 11) is 0. The van der Waals surface area contributed by atoms with Gasteiger partial charge in [-0.25, -0.2) is 0 Å². The maximum atomic E-state index is 3.00. The van der Waals surface area contributed by atoms with E-state index < -0.39 is 0 Å². The standard InChI is InChI=1S/C6H14.C3H8.3C2H6.C2H4/c1-4-6(3)5-2;1-3-2;4*1-2/h6H,4-5H2,1-3H3;3H2,1-2H3;3*1-2H3;1-2H2. The Hall–Kier alpha value is -0.260. The predicted molar refractivity (Wildman–Crippen MR) is 91.0 cm³/mol. The molecule has 0 heteroatoms. The van der Waals surface area contributed by atoms with Crippen LogP contribution in [-0.4, -0.2) is 0 Å². The Labute approximate surface area is 115 Å². The molecule has 0 nitrogen and oxygen atoms in total. The molecule has 0 fully saturated rings. The van der Waals surface area contributed by atoms with Gasteiger partial charge in [-0.15, -0.1) is 13.2 Å². The molecule has 0 unspecified atom stereocenters. The van der Waals surface area contributed by atoms with Gasteiger partial charge < -0.3 is 0 Å². The van der Waals surface area contributed by atoms with Crippen molar-refractivity contribution in [1.29, 1.82) is 0 Å². The second-order valence-corrected chi connectivity index (χ2v) is 2.63. The highest BCUT2D eigenvalue weighted by atomic mass is 13.9. The third kappa shape index (κ3) is 212. The Bertz CT molecular complexity index is 35.3. The van der Waals surface area contributed by atoms with Crippen LogP contribution >= 0.6 is 0 Å². The summed E-state index contributed by atoms with van der Waals surface area (Å²) in [6.45, 7) is 29.0. The van der Waals surface area contributed by atoms with Crippen molar-refractivity contribution in [1.82, 2.24) is 0 Å². The molecule has 0 radical (unpaired) electrons. The van der Waals surface area contributed by atoms with Gasteiger partial charge in [0.15, 0.2) is 0 Å². The maximum absolute atomic E-state index is 3.00. The third-order valence-corrected chi connectivity index (χ3v) is 1.39. The molecule has 112 valence electrons. The molecular formula is C17H44. The van der Waals surface area contributed by atoms with Gasteiger partial charge in [-0.05, 0) is 5.92 Å². The first kappa shape index (κ1) is 36.0. The highest BCUT2D eigenvalue weighted by Gasteiger charge is 1.88. The van der Waals surface area contributed by atoms with Crippen LogP contribution in [0.3, 0.4) is 0 Å². The van der Waals surface area contributed by atoms with Crippen LogP contribution in [-0.2, 0) is 0 Å². The van der Waals surface area contributed by atoms with E-state index in [1.54, 1.807) is 0 Å². The van der Waals surface area contributed by atoms with E-state index in [0.29, 0.717) is 0 Å². The van der Waals surface area contributed by atoms with Gasteiger partial charge in [0.2, 0.25) is 0 Å². The Morgan fingerprint density at radius 1 is 0.647 bits per heavy atom. The molecule has 0 amide bonds. The van der Waals surface area contributed by atoms with Crippen molar-refractivity contribution in [2.75, 3.05) is 0 Å². The number of hydrogen-bond donors (Lipinski definition) is 0. The molecule has 0 heterocycles. The molecule has 0 aliphatic carbocycles. The molecular weight excluding hydrogens is 204 g/mol. The Balaban J connectivity index is -0.0000000238. The highest BCUT2D eigenvalue weighted by molar-refractivity contribution is 4.41. The lowest BCUT2D eigenvalue weighted by Crippen LogP contribution is -1.85. The van der Waals surface area contributed by atoms with Crippen LogP contribution in [0.2, 0.25) is 0 Å². The molecule has 0 saturated heterocycles. The van der Waals surface area contributed by atoms with Crippen molar-refractivity contribution in [3.05, 3.63) is 13.2 Å². The SMILES string of the molecule is C=C.CC.CC.CC.CCC.CCC(C)CC. The van der Waals surface area contributed by atoms with Gasteiger partial charge >= 0.3 is 0 Å². The molecule has 0 rings (SSSR count). The fourth-order valence-electron chi connectivity index (χ4n) is 0.289. The molecule has 0 N–H and O–H groups in total. The maximum Gasteiger partial charge on any atom is -0.0448 e. The minimum atomic E-state index is 0.935. The zero-order valence-electron chi connectivity index (χ0n) is 15.1. The molecule has 0 aromatic carbocycles. The van der Waals surface area contributed by atoms with Gasteiger partial charge in [-0.2, -0.15) is 0 Å². The second kappa shape index (κ2) is 104. The van der Waals surface area contributed by atoms with Gasteiger partial charge in [0.1, 0.15) is 0 Å². The van der Waals surface area contributed by atoms with Crippen molar-refractivity contribution in [2.24, 2.45) is 5.92 Å². The van der Waals surface area contributed by atoms with E-state index in [4.69, 9.17) is 0 Å². The largest absolute Gasteiger partial charge is 0.106 e. The average molecular weight is 249 g/mol. The lowest BCUT2D eigenvalue weighted by molar-refractivity contribution is 0.544. The highest BCUT2D eigenvalue weighted by Crippen LogP contribution is 2.02. The van der Waals surface area contributed by atoms with Crippen LogP contribution in [0.25, 0.3) is 0 Å². The fourth-order valence-corrected chi connectivity index (χ4v) is 0.289. The normalized spacial score (nSPS) is 5.88. The van der Waals surface area contributed by atoms with E-state index >= 15 is 0 Å². The molecule has 0 aliphatic rings. The van der Waals surface area contributed by atoms with E-state index in [9.17, 15) is 0 Å². The zero-order chi connectivity index (χ0) is 15.7. The molecule has 0 atom stereocenters. The van der Waals surface area contributed by atoms with Gasteiger partial charge in [0.05, 0.1) is 0 Å². The summed E-state index contributed by atoms with van der Waals surface area (Å²) in [5, 5.41) is 0. The Morgan fingerprint density at radius 3 is 0.765 bits per heavy atom. The van der Waals surface area contributed by atoms with Crippen molar-refractivity contribution in [3.8, 4) is 0 Å². The van der Waals surface area contributed by atoms with E-state index in [0.717, 1.165) is 5.92 Å². The van der Waals surface area contributed by atoms with Crippen LogP contribution in [0.15, 0.2) is 13.2 Å². The van der Waals surface area contributed by atoms with Crippen LogP contribution in [0.1, 0.15) is 95.4 Å². The summed E-state index contributed by atoms with van der Waals surface area (Å²) >= 11 is 0. The monoisotopic (exact) mass is 248 g/mol. The average Bonchev–Trinajstić information content (AvgIpc) is 2.47. The number of hydrogen-bond acceptors (Lipinski definition) is 0. The van der Waals surface area contributed by atoms with Crippen molar-refractivity contribution in [3.63, 3.8) is 0 Å².